The maximum atomic E-state index is 12.5. The second kappa shape index (κ2) is 8.09. The highest BCUT2D eigenvalue weighted by molar-refractivity contribution is 7.99. The van der Waals surface area contributed by atoms with Crippen molar-refractivity contribution in [2.45, 2.75) is 36.1 Å². The molecule has 29 heavy (non-hydrogen) atoms. The van der Waals surface area contributed by atoms with Gasteiger partial charge in [0, 0.05) is 16.3 Å². The lowest BCUT2D eigenvalue weighted by molar-refractivity contribution is -0.804. The van der Waals surface area contributed by atoms with Crippen molar-refractivity contribution in [2.24, 2.45) is 4.99 Å². The minimum Gasteiger partial charge on any atom is -0.858 e. The molecule has 5 heteroatoms. The topological polar surface area (TPSA) is 38.7 Å². The fourth-order valence-electron chi connectivity index (χ4n) is 4.01. The van der Waals surface area contributed by atoms with Gasteiger partial charge in [0.2, 0.25) is 0 Å². The third-order valence-electron chi connectivity index (χ3n) is 5.35. The van der Waals surface area contributed by atoms with Crippen molar-refractivity contribution in [3.63, 3.8) is 0 Å². The lowest BCUT2D eigenvalue weighted by Gasteiger charge is -2.39. The first-order chi connectivity index (χ1) is 14.0. The molecule has 0 amide bonds. The van der Waals surface area contributed by atoms with Crippen LogP contribution in [-0.4, -0.2) is 36.6 Å². The van der Waals surface area contributed by atoms with Crippen LogP contribution in [0.5, 0.6) is 0 Å². The third-order valence-corrected chi connectivity index (χ3v) is 6.48. The molecular weight excluding hydrogens is 378 g/mol. The molecule has 0 saturated heterocycles. The number of rotatable bonds is 6. The van der Waals surface area contributed by atoms with E-state index in [1.54, 1.807) is 11.8 Å². The highest BCUT2D eigenvalue weighted by atomic mass is 32.2. The molecule has 4 rings (SSSR count). The summed E-state index contributed by atoms with van der Waals surface area (Å²) in [5.41, 5.74) is 2.96. The molecule has 1 unspecified atom stereocenters. The fourth-order valence-corrected chi connectivity index (χ4v) is 5.06. The minimum absolute atomic E-state index is 0.129. The van der Waals surface area contributed by atoms with Crippen LogP contribution in [0.25, 0.3) is 0 Å². The van der Waals surface area contributed by atoms with E-state index in [1.165, 1.54) is 15.5 Å². The SMILES string of the molecule is CCCN=C([O-])c1ccc2c(c1)N(C(C)C[N+]1(C)C=CC=C1)c1ccccc1S2. The van der Waals surface area contributed by atoms with Gasteiger partial charge in [-0.3, -0.25) is 4.48 Å². The van der Waals surface area contributed by atoms with Crippen LogP contribution in [0.2, 0.25) is 0 Å². The normalized spacial score (nSPS) is 17.9. The van der Waals surface area contributed by atoms with E-state index in [4.69, 9.17) is 0 Å². The number of anilines is 2. The Morgan fingerprint density at radius 3 is 2.59 bits per heavy atom. The number of aliphatic imine (C=N–C) groups is 1. The van der Waals surface area contributed by atoms with Gasteiger partial charge in [-0.05, 0) is 61.2 Å². The average molecular weight is 406 g/mol. The molecule has 0 aromatic heterocycles. The van der Waals surface area contributed by atoms with Gasteiger partial charge in [-0.15, -0.1) is 0 Å². The van der Waals surface area contributed by atoms with Crippen molar-refractivity contribution in [3.8, 4) is 0 Å². The highest BCUT2D eigenvalue weighted by Gasteiger charge is 2.32. The zero-order valence-electron chi connectivity index (χ0n) is 17.2. The molecule has 0 saturated carbocycles. The second-order valence-corrected chi connectivity index (χ2v) is 8.95. The van der Waals surface area contributed by atoms with Crippen molar-refractivity contribution in [3.05, 3.63) is 72.6 Å². The molecule has 2 aromatic rings. The molecule has 0 bridgehead atoms. The Balaban J connectivity index is 1.75. The van der Waals surface area contributed by atoms with Gasteiger partial charge in [0.05, 0.1) is 24.5 Å². The Hall–Kier alpha value is -2.50. The van der Waals surface area contributed by atoms with Crippen molar-refractivity contribution >= 4 is 29.0 Å². The van der Waals surface area contributed by atoms with Crippen LogP contribution < -0.4 is 10.0 Å². The quantitative estimate of drug-likeness (QED) is 0.398. The van der Waals surface area contributed by atoms with E-state index >= 15 is 0 Å². The number of nitrogens with zero attached hydrogens (tertiary/aromatic N) is 3. The molecule has 4 nitrogen and oxygen atoms in total. The largest absolute Gasteiger partial charge is 0.858 e. The van der Waals surface area contributed by atoms with Crippen molar-refractivity contribution in [1.82, 2.24) is 0 Å². The first-order valence-corrected chi connectivity index (χ1v) is 11.0. The summed E-state index contributed by atoms with van der Waals surface area (Å²) in [4.78, 5) is 9.00. The van der Waals surface area contributed by atoms with Crippen molar-refractivity contribution in [1.29, 1.82) is 0 Å². The lowest BCUT2D eigenvalue weighted by atomic mass is 10.1. The first kappa shape index (κ1) is 19.8. The molecule has 2 heterocycles. The monoisotopic (exact) mass is 405 g/mol. The predicted octanol–water partition coefficient (Wildman–Crippen LogP) is 4.68. The fraction of sp³-hybridized carbons (Fsp3) is 0.292. The maximum absolute atomic E-state index is 12.5. The van der Waals surface area contributed by atoms with E-state index in [-0.39, 0.29) is 11.9 Å². The van der Waals surface area contributed by atoms with Crippen molar-refractivity contribution < 1.29 is 9.59 Å². The Kier molecular flexibility index (Phi) is 5.52. The van der Waals surface area contributed by atoms with E-state index in [0.717, 1.165) is 23.1 Å². The predicted molar refractivity (Wildman–Crippen MR) is 120 cm³/mol. The number of hydrogen-bond donors (Lipinski definition) is 0. The summed E-state index contributed by atoms with van der Waals surface area (Å²) in [6.45, 7) is 5.80. The summed E-state index contributed by atoms with van der Waals surface area (Å²) in [6, 6.07) is 14.7. The minimum atomic E-state index is -0.129. The number of benzene rings is 2. The Morgan fingerprint density at radius 1 is 1.10 bits per heavy atom. The zero-order valence-corrected chi connectivity index (χ0v) is 18.0. The van der Waals surface area contributed by atoms with Gasteiger partial charge in [-0.2, -0.15) is 0 Å². The number of allylic oxidation sites excluding steroid dienone is 2. The van der Waals surface area contributed by atoms with E-state index in [1.807, 2.05) is 19.1 Å². The third kappa shape index (κ3) is 3.98. The summed E-state index contributed by atoms with van der Waals surface area (Å²) in [5, 5.41) is 12.5. The Bertz CT molecular complexity index is 983. The number of hydrogen-bond acceptors (Lipinski definition) is 4. The van der Waals surface area contributed by atoms with E-state index < -0.39 is 0 Å². The van der Waals surface area contributed by atoms with Crippen LogP contribution in [0, 0.1) is 0 Å². The molecule has 150 valence electrons. The van der Waals surface area contributed by atoms with Crippen molar-refractivity contribution in [2.75, 3.05) is 25.0 Å². The van der Waals surface area contributed by atoms with Gasteiger partial charge < -0.3 is 15.0 Å². The molecule has 0 aliphatic carbocycles. The second-order valence-electron chi connectivity index (χ2n) is 7.87. The summed E-state index contributed by atoms with van der Waals surface area (Å²) >= 11 is 1.77. The van der Waals surface area contributed by atoms with Gasteiger partial charge in [0.25, 0.3) is 0 Å². The average Bonchev–Trinajstić information content (AvgIpc) is 3.15. The van der Waals surface area contributed by atoms with Crippen LogP contribution in [0.3, 0.4) is 0 Å². The lowest BCUT2D eigenvalue weighted by Crippen LogP contribution is -2.44. The molecule has 2 aliphatic heterocycles. The molecule has 0 N–H and O–H groups in total. The van der Waals surface area contributed by atoms with Crippen LogP contribution in [-0.2, 0) is 0 Å². The molecule has 1 atom stereocenters. The molecule has 0 radical (unpaired) electrons. The highest BCUT2D eigenvalue weighted by Crippen LogP contribution is 2.49. The van der Waals surface area contributed by atoms with Gasteiger partial charge >= 0.3 is 0 Å². The summed E-state index contributed by atoms with van der Waals surface area (Å²) in [7, 11) is 2.21. The number of likely N-dealkylation sites (N-methyl/N-ethyl adjacent to an activating group) is 1. The molecular formula is C24H27N3OS. The molecule has 2 aromatic carbocycles. The molecule has 2 aliphatic rings. The maximum Gasteiger partial charge on any atom is 0.108 e. The van der Waals surface area contributed by atoms with Gasteiger partial charge in [0.1, 0.15) is 18.9 Å². The van der Waals surface area contributed by atoms with Gasteiger partial charge in [-0.1, -0.05) is 36.9 Å². The summed E-state index contributed by atoms with van der Waals surface area (Å²) in [5.74, 6) is -0.129. The smallest absolute Gasteiger partial charge is 0.108 e. The first-order valence-electron chi connectivity index (χ1n) is 10.1. The number of fused-ring (bicyclic) bond motifs is 2. The van der Waals surface area contributed by atoms with Crippen LogP contribution >= 0.6 is 11.8 Å². The summed E-state index contributed by atoms with van der Waals surface area (Å²) in [6.07, 6.45) is 9.51. The van der Waals surface area contributed by atoms with E-state index in [9.17, 15) is 5.11 Å². The van der Waals surface area contributed by atoms with Crippen LogP contribution in [0.1, 0.15) is 25.8 Å². The Labute approximate surface area is 177 Å². The van der Waals surface area contributed by atoms with Gasteiger partial charge in [-0.25, -0.2) is 0 Å². The zero-order chi connectivity index (χ0) is 20.4. The molecule has 0 fully saturated rings. The van der Waals surface area contributed by atoms with Gasteiger partial charge in [0.15, 0.2) is 0 Å². The van der Waals surface area contributed by atoms with E-state index in [0.29, 0.717) is 12.1 Å². The van der Waals surface area contributed by atoms with Crippen LogP contribution in [0.4, 0.5) is 11.4 Å². The number of para-hydroxylation sites is 1. The van der Waals surface area contributed by atoms with Crippen LogP contribution in [0.15, 0.2) is 81.8 Å². The standard InChI is InChI=1S/C24H27N3OS/c1-4-13-25-24(28)19-11-12-23-21(16-19)26(20-9-5-6-10-22(20)29-23)18(2)17-27(3)14-7-8-15-27/h5-12,14-16,18H,4,13,17H2,1-3H3. The summed E-state index contributed by atoms with van der Waals surface area (Å²) < 4.78 is 0.771. The van der Waals surface area contributed by atoms with E-state index in [2.05, 4.69) is 78.7 Å². The Morgan fingerprint density at radius 2 is 1.83 bits per heavy atom. The molecule has 0 spiro atoms. The number of quaternary nitrogens is 1.